The average molecular weight is 223 g/mol. The molecule has 16 heavy (non-hydrogen) atoms. The molecule has 1 heterocycles. The predicted molar refractivity (Wildman–Crippen MR) is 67.4 cm³/mol. The predicted octanol–water partition coefficient (Wildman–Crippen LogP) is 2.14. The topological polar surface area (TPSA) is 60.2 Å². The molecule has 3 N–H and O–H groups in total. The molecular weight excluding hydrogens is 202 g/mol. The van der Waals surface area contributed by atoms with Crippen molar-refractivity contribution in [3.05, 3.63) is 18.3 Å². The summed E-state index contributed by atoms with van der Waals surface area (Å²) in [6.07, 6.45) is 1.69. The minimum atomic E-state index is 0.256. The Morgan fingerprint density at radius 1 is 1.50 bits per heavy atom. The van der Waals surface area contributed by atoms with Gasteiger partial charge in [0.25, 0.3) is 0 Å². The maximum Gasteiger partial charge on any atom is 0.146 e. The molecule has 0 fully saturated rings. The number of nitrogens with one attached hydrogen (secondary N) is 1. The van der Waals surface area contributed by atoms with Crippen LogP contribution in [0.3, 0.4) is 0 Å². The van der Waals surface area contributed by atoms with E-state index < -0.39 is 0 Å². The molecule has 0 saturated heterocycles. The fraction of sp³-hybridized carbons (Fsp3) is 0.583. The highest BCUT2D eigenvalue weighted by molar-refractivity contribution is 5.61. The molecule has 4 heteroatoms. The first-order chi connectivity index (χ1) is 7.65. The Balaban J connectivity index is 2.64. The van der Waals surface area contributed by atoms with Gasteiger partial charge in [-0.15, -0.1) is 0 Å². The van der Waals surface area contributed by atoms with E-state index in [1.54, 1.807) is 6.20 Å². The number of hydrogen-bond acceptors (Lipinski definition) is 4. The third kappa shape index (κ3) is 3.70. The van der Waals surface area contributed by atoms with Gasteiger partial charge < -0.3 is 15.8 Å². The van der Waals surface area contributed by atoms with Crippen LogP contribution in [-0.4, -0.2) is 24.2 Å². The van der Waals surface area contributed by atoms with Crippen molar-refractivity contribution in [1.82, 2.24) is 4.98 Å². The summed E-state index contributed by atoms with van der Waals surface area (Å²) in [5, 5.41) is 3.37. The largest absolute Gasteiger partial charge is 0.382 e. The number of nitrogens with two attached hydrogens (primary N) is 1. The number of nitrogen functional groups attached to an aromatic ring is 1. The Labute approximate surface area is 97.2 Å². The Hall–Kier alpha value is -1.29. The molecule has 0 saturated carbocycles. The lowest BCUT2D eigenvalue weighted by atomic mass is 10.1. The van der Waals surface area contributed by atoms with Crippen LogP contribution in [-0.2, 0) is 4.74 Å². The standard InChI is InChI=1S/C12H21N3O/c1-4-16-8-11(9(2)3)15-10-6-5-7-14-12(10)13/h5-7,9,11,15H,4,8H2,1-3H3,(H2,13,14). The van der Waals surface area contributed by atoms with Crippen LogP contribution in [0.2, 0.25) is 0 Å². The van der Waals surface area contributed by atoms with Crippen molar-refractivity contribution in [3.8, 4) is 0 Å². The molecule has 0 amide bonds. The second-order valence-corrected chi connectivity index (χ2v) is 4.09. The van der Waals surface area contributed by atoms with Crippen molar-refractivity contribution in [2.24, 2.45) is 5.92 Å². The number of rotatable bonds is 6. The normalized spacial score (nSPS) is 12.8. The van der Waals surface area contributed by atoms with Gasteiger partial charge in [-0.3, -0.25) is 0 Å². The van der Waals surface area contributed by atoms with Crippen molar-refractivity contribution in [1.29, 1.82) is 0 Å². The Morgan fingerprint density at radius 3 is 2.81 bits per heavy atom. The highest BCUT2D eigenvalue weighted by atomic mass is 16.5. The monoisotopic (exact) mass is 223 g/mol. The van der Waals surface area contributed by atoms with E-state index in [0.717, 1.165) is 12.3 Å². The van der Waals surface area contributed by atoms with Crippen molar-refractivity contribution in [3.63, 3.8) is 0 Å². The Bertz CT molecular complexity index is 315. The maximum absolute atomic E-state index is 5.78. The molecule has 1 aromatic heterocycles. The van der Waals surface area contributed by atoms with E-state index in [1.807, 2.05) is 19.1 Å². The SMILES string of the molecule is CCOCC(Nc1cccnc1N)C(C)C. The van der Waals surface area contributed by atoms with Gasteiger partial charge in [0.05, 0.1) is 18.3 Å². The van der Waals surface area contributed by atoms with Crippen molar-refractivity contribution >= 4 is 11.5 Å². The molecule has 1 rings (SSSR count). The maximum atomic E-state index is 5.78. The molecule has 0 bridgehead atoms. The lowest BCUT2D eigenvalue weighted by Crippen LogP contribution is -2.31. The first kappa shape index (κ1) is 12.8. The third-order valence-electron chi connectivity index (χ3n) is 2.49. The highest BCUT2D eigenvalue weighted by Crippen LogP contribution is 2.17. The Kier molecular flexibility index (Phi) is 5.05. The molecule has 1 unspecified atom stereocenters. The first-order valence-electron chi connectivity index (χ1n) is 5.70. The van der Waals surface area contributed by atoms with Gasteiger partial charge in [-0.25, -0.2) is 4.98 Å². The van der Waals surface area contributed by atoms with Crippen molar-refractivity contribution in [2.45, 2.75) is 26.8 Å². The van der Waals surface area contributed by atoms with Crippen LogP contribution in [0.5, 0.6) is 0 Å². The molecule has 0 aliphatic carbocycles. The van der Waals surface area contributed by atoms with E-state index in [2.05, 4.69) is 24.1 Å². The summed E-state index contributed by atoms with van der Waals surface area (Å²) in [5.74, 6) is 1.01. The smallest absolute Gasteiger partial charge is 0.146 e. The summed E-state index contributed by atoms with van der Waals surface area (Å²) in [5.41, 5.74) is 6.66. The van der Waals surface area contributed by atoms with Crippen molar-refractivity contribution < 1.29 is 4.74 Å². The molecule has 90 valence electrons. The van der Waals surface area contributed by atoms with E-state index in [4.69, 9.17) is 10.5 Å². The van der Waals surface area contributed by atoms with Crippen molar-refractivity contribution in [2.75, 3.05) is 24.3 Å². The van der Waals surface area contributed by atoms with E-state index in [0.29, 0.717) is 18.3 Å². The molecule has 1 aromatic rings. The minimum absolute atomic E-state index is 0.256. The van der Waals surface area contributed by atoms with Crippen LogP contribution in [0.4, 0.5) is 11.5 Å². The molecule has 0 aliphatic heterocycles. The van der Waals surface area contributed by atoms with Gasteiger partial charge in [-0.2, -0.15) is 0 Å². The number of ether oxygens (including phenoxy) is 1. The zero-order chi connectivity index (χ0) is 12.0. The van der Waals surface area contributed by atoms with Gasteiger partial charge in [0.2, 0.25) is 0 Å². The quantitative estimate of drug-likeness (QED) is 0.775. The summed E-state index contributed by atoms with van der Waals surface area (Å²) >= 11 is 0. The molecule has 1 atom stereocenters. The number of pyridine rings is 1. The Morgan fingerprint density at radius 2 is 2.25 bits per heavy atom. The lowest BCUT2D eigenvalue weighted by molar-refractivity contribution is 0.127. The van der Waals surface area contributed by atoms with Gasteiger partial charge >= 0.3 is 0 Å². The van der Waals surface area contributed by atoms with E-state index >= 15 is 0 Å². The van der Waals surface area contributed by atoms with Gasteiger partial charge in [0.15, 0.2) is 0 Å². The van der Waals surface area contributed by atoms with Crippen LogP contribution in [0, 0.1) is 5.92 Å². The second kappa shape index (κ2) is 6.33. The molecule has 0 radical (unpaired) electrons. The summed E-state index contributed by atoms with van der Waals surface area (Å²) in [7, 11) is 0. The zero-order valence-corrected chi connectivity index (χ0v) is 10.2. The molecule has 0 aromatic carbocycles. The number of nitrogens with zero attached hydrogens (tertiary/aromatic N) is 1. The fourth-order valence-corrected chi connectivity index (χ4v) is 1.38. The second-order valence-electron chi connectivity index (χ2n) is 4.09. The summed E-state index contributed by atoms with van der Waals surface area (Å²) in [6, 6.07) is 4.06. The van der Waals surface area contributed by atoms with E-state index in [-0.39, 0.29) is 6.04 Å². The third-order valence-corrected chi connectivity index (χ3v) is 2.49. The average Bonchev–Trinajstić information content (AvgIpc) is 2.26. The molecule has 0 spiro atoms. The lowest BCUT2D eigenvalue weighted by Gasteiger charge is -2.23. The van der Waals surface area contributed by atoms with Gasteiger partial charge in [0, 0.05) is 12.8 Å². The van der Waals surface area contributed by atoms with Crippen LogP contribution in [0.15, 0.2) is 18.3 Å². The highest BCUT2D eigenvalue weighted by Gasteiger charge is 2.14. The van der Waals surface area contributed by atoms with Gasteiger partial charge in [-0.1, -0.05) is 13.8 Å². The summed E-state index contributed by atoms with van der Waals surface area (Å²) in [4.78, 5) is 4.05. The number of aromatic nitrogens is 1. The van der Waals surface area contributed by atoms with E-state index in [1.165, 1.54) is 0 Å². The van der Waals surface area contributed by atoms with E-state index in [9.17, 15) is 0 Å². The zero-order valence-electron chi connectivity index (χ0n) is 10.2. The van der Waals surface area contributed by atoms with Gasteiger partial charge in [0.1, 0.15) is 5.82 Å². The first-order valence-corrected chi connectivity index (χ1v) is 5.70. The molecular formula is C12H21N3O. The fourth-order valence-electron chi connectivity index (χ4n) is 1.38. The number of hydrogen-bond donors (Lipinski definition) is 2. The van der Waals surface area contributed by atoms with Crippen LogP contribution in [0.25, 0.3) is 0 Å². The van der Waals surface area contributed by atoms with Gasteiger partial charge in [-0.05, 0) is 25.0 Å². The minimum Gasteiger partial charge on any atom is -0.382 e. The van der Waals surface area contributed by atoms with Crippen LogP contribution >= 0.6 is 0 Å². The molecule has 0 aliphatic rings. The summed E-state index contributed by atoms with van der Waals surface area (Å²) < 4.78 is 5.45. The number of anilines is 2. The van der Waals surface area contributed by atoms with Crippen LogP contribution in [0.1, 0.15) is 20.8 Å². The molecule has 4 nitrogen and oxygen atoms in total. The van der Waals surface area contributed by atoms with Crippen LogP contribution < -0.4 is 11.1 Å². The summed E-state index contributed by atoms with van der Waals surface area (Å²) in [6.45, 7) is 7.72.